The third-order valence-electron chi connectivity index (χ3n) is 4.49. The Morgan fingerprint density at radius 2 is 1.79 bits per heavy atom. The molecule has 24 heavy (non-hydrogen) atoms. The number of aryl methyl sites for hydroxylation is 3. The fourth-order valence-corrected chi connectivity index (χ4v) is 3.54. The number of anilines is 2. The van der Waals surface area contributed by atoms with Crippen LogP contribution in [-0.4, -0.2) is 18.4 Å². The van der Waals surface area contributed by atoms with Gasteiger partial charge in [0.15, 0.2) is 0 Å². The first kappa shape index (κ1) is 16.2. The van der Waals surface area contributed by atoms with E-state index in [-0.39, 0.29) is 11.8 Å². The van der Waals surface area contributed by atoms with Crippen LogP contribution in [0.25, 0.3) is 0 Å². The summed E-state index contributed by atoms with van der Waals surface area (Å²) >= 11 is 0. The highest BCUT2D eigenvalue weighted by atomic mass is 16.2. The summed E-state index contributed by atoms with van der Waals surface area (Å²) in [5.74, 6) is 0.00261. The monoisotopic (exact) mass is 322 g/mol. The van der Waals surface area contributed by atoms with Crippen molar-refractivity contribution >= 4 is 23.2 Å². The van der Waals surface area contributed by atoms with Gasteiger partial charge in [0.25, 0.3) is 5.91 Å². The molecule has 2 aromatic carbocycles. The topological polar surface area (TPSA) is 49.4 Å². The minimum absolute atomic E-state index is 0.110. The third kappa shape index (κ3) is 2.80. The van der Waals surface area contributed by atoms with Crippen LogP contribution in [0.5, 0.6) is 0 Å². The number of hydrogen-bond acceptors (Lipinski definition) is 2. The summed E-state index contributed by atoms with van der Waals surface area (Å²) in [4.78, 5) is 26.4. The molecule has 124 valence electrons. The van der Waals surface area contributed by atoms with E-state index >= 15 is 0 Å². The van der Waals surface area contributed by atoms with Crippen molar-refractivity contribution in [2.45, 2.75) is 34.1 Å². The van der Waals surface area contributed by atoms with Crippen LogP contribution in [-0.2, 0) is 11.2 Å². The Labute approximate surface area is 142 Å². The number of amides is 2. The van der Waals surface area contributed by atoms with E-state index in [9.17, 15) is 9.59 Å². The van der Waals surface area contributed by atoms with Crippen LogP contribution >= 0.6 is 0 Å². The predicted octanol–water partition coefficient (Wildman–Crippen LogP) is 3.77. The molecule has 1 aliphatic heterocycles. The molecule has 0 fully saturated rings. The minimum atomic E-state index is -0.110. The molecular formula is C20H22N2O2. The molecule has 4 nitrogen and oxygen atoms in total. The van der Waals surface area contributed by atoms with Crippen LogP contribution < -0.4 is 10.2 Å². The Morgan fingerprint density at radius 1 is 1.12 bits per heavy atom. The van der Waals surface area contributed by atoms with Gasteiger partial charge in [0.2, 0.25) is 5.91 Å². The van der Waals surface area contributed by atoms with Gasteiger partial charge in [0.05, 0.1) is 6.42 Å². The molecule has 2 amide bonds. The predicted molar refractivity (Wildman–Crippen MR) is 96.8 cm³/mol. The molecule has 3 rings (SSSR count). The molecule has 0 unspecified atom stereocenters. The van der Waals surface area contributed by atoms with E-state index in [1.165, 1.54) is 0 Å². The van der Waals surface area contributed by atoms with Gasteiger partial charge in [-0.15, -0.1) is 0 Å². The lowest BCUT2D eigenvalue weighted by molar-refractivity contribution is -0.117. The van der Waals surface area contributed by atoms with Gasteiger partial charge in [-0.25, -0.2) is 0 Å². The highest BCUT2D eigenvalue weighted by Crippen LogP contribution is 2.31. The number of nitrogens with one attached hydrogen (secondary N) is 1. The van der Waals surface area contributed by atoms with Crippen LogP contribution in [0.4, 0.5) is 11.4 Å². The number of hydrogen-bond donors (Lipinski definition) is 1. The Kier molecular flexibility index (Phi) is 4.14. The first-order valence-corrected chi connectivity index (χ1v) is 8.23. The average Bonchev–Trinajstić information content (AvgIpc) is 2.80. The van der Waals surface area contributed by atoms with Crippen LogP contribution in [0.2, 0.25) is 0 Å². The maximum Gasteiger partial charge on any atom is 0.256 e. The molecule has 2 aromatic rings. The third-order valence-corrected chi connectivity index (χ3v) is 4.49. The van der Waals surface area contributed by atoms with Crippen LogP contribution in [0, 0.1) is 20.8 Å². The lowest BCUT2D eigenvalue weighted by atomic mass is 9.99. The molecule has 0 saturated carbocycles. The molecule has 1 N–H and O–H groups in total. The van der Waals surface area contributed by atoms with E-state index in [1.807, 2.05) is 58.0 Å². The molecule has 0 radical (unpaired) electrons. The van der Waals surface area contributed by atoms with Gasteiger partial charge in [-0.3, -0.25) is 9.59 Å². The second-order valence-electron chi connectivity index (χ2n) is 6.39. The van der Waals surface area contributed by atoms with Crippen LogP contribution in [0.1, 0.15) is 39.5 Å². The zero-order valence-electron chi connectivity index (χ0n) is 14.6. The summed E-state index contributed by atoms with van der Waals surface area (Å²) in [6.45, 7) is 8.56. The maximum atomic E-state index is 12.7. The quantitative estimate of drug-likeness (QED) is 0.935. The number of carbonyl (C=O) groups is 2. The average molecular weight is 322 g/mol. The summed E-state index contributed by atoms with van der Waals surface area (Å²) in [6.07, 6.45) is 0.398. The second kappa shape index (κ2) is 6.11. The second-order valence-corrected chi connectivity index (χ2v) is 6.39. The first-order chi connectivity index (χ1) is 11.4. The van der Waals surface area contributed by atoms with Gasteiger partial charge >= 0.3 is 0 Å². The number of benzene rings is 2. The number of nitrogens with zero attached hydrogens (tertiary/aromatic N) is 1. The number of fused-ring (bicyclic) bond motifs is 1. The van der Waals surface area contributed by atoms with Crippen molar-refractivity contribution in [1.29, 1.82) is 0 Å². The molecule has 4 heteroatoms. The molecule has 0 aromatic heterocycles. The smallest absolute Gasteiger partial charge is 0.256 e. The van der Waals surface area contributed by atoms with E-state index in [1.54, 1.807) is 4.90 Å². The van der Waals surface area contributed by atoms with Crippen LogP contribution in [0.15, 0.2) is 30.3 Å². The SMILES string of the molecule is CCN1C(=O)Cc2cc(NC(=O)c3c(C)cc(C)cc3C)ccc21. The molecule has 0 saturated heterocycles. The Balaban J connectivity index is 1.87. The lowest BCUT2D eigenvalue weighted by Gasteiger charge is -2.15. The number of likely N-dealkylation sites (N-methyl/N-ethyl adjacent to an activating group) is 1. The van der Waals surface area contributed by atoms with E-state index in [0.29, 0.717) is 18.5 Å². The molecular weight excluding hydrogens is 300 g/mol. The molecule has 1 heterocycles. The zero-order chi connectivity index (χ0) is 17.4. The Hall–Kier alpha value is -2.62. The highest BCUT2D eigenvalue weighted by Gasteiger charge is 2.26. The van der Waals surface area contributed by atoms with E-state index in [2.05, 4.69) is 5.32 Å². The van der Waals surface area contributed by atoms with Gasteiger partial charge in [0, 0.05) is 23.5 Å². The van der Waals surface area contributed by atoms with Gasteiger partial charge in [-0.2, -0.15) is 0 Å². The molecule has 0 bridgehead atoms. The van der Waals surface area contributed by atoms with Crippen molar-refractivity contribution in [3.8, 4) is 0 Å². The normalized spacial score (nSPS) is 13.2. The fourth-order valence-electron chi connectivity index (χ4n) is 3.54. The fraction of sp³-hybridized carbons (Fsp3) is 0.300. The van der Waals surface area contributed by atoms with Gasteiger partial charge < -0.3 is 10.2 Å². The molecule has 0 aliphatic carbocycles. The van der Waals surface area contributed by atoms with Crippen molar-refractivity contribution < 1.29 is 9.59 Å². The summed E-state index contributed by atoms with van der Waals surface area (Å²) in [5, 5.41) is 2.97. The largest absolute Gasteiger partial charge is 0.322 e. The van der Waals surface area contributed by atoms with Gasteiger partial charge in [0.1, 0.15) is 0 Å². The van der Waals surface area contributed by atoms with Crippen LogP contribution in [0.3, 0.4) is 0 Å². The Bertz CT molecular complexity index is 817. The van der Waals surface area contributed by atoms with E-state index < -0.39 is 0 Å². The first-order valence-electron chi connectivity index (χ1n) is 8.23. The summed E-state index contributed by atoms with van der Waals surface area (Å²) in [6, 6.07) is 9.70. The van der Waals surface area contributed by atoms with Gasteiger partial charge in [-0.05, 0) is 62.6 Å². The summed E-state index contributed by atoms with van der Waals surface area (Å²) < 4.78 is 0. The van der Waals surface area contributed by atoms with Crippen molar-refractivity contribution in [1.82, 2.24) is 0 Å². The van der Waals surface area contributed by atoms with Crippen molar-refractivity contribution in [2.24, 2.45) is 0 Å². The van der Waals surface area contributed by atoms with Crippen molar-refractivity contribution in [3.05, 3.63) is 58.1 Å². The van der Waals surface area contributed by atoms with E-state index in [4.69, 9.17) is 0 Å². The highest BCUT2D eigenvalue weighted by molar-refractivity contribution is 6.07. The van der Waals surface area contributed by atoms with Crippen molar-refractivity contribution in [2.75, 3.05) is 16.8 Å². The number of carbonyl (C=O) groups excluding carboxylic acids is 2. The zero-order valence-corrected chi connectivity index (χ0v) is 14.6. The lowest BCUT2D eigenvalue weighted by Crippen LogP contribution is -2.25. The standard InChI is InChI=1S/C20H22N2O2/c1-5-22-17-7-6-16(10-15(17)11-18(22)23)21-20(24)19-13(3)8-12(2)9-14(19)4/h6-10H,5,11H2,1-4H3,(H,21,24). The van der Waals surface area contributed by atoms with Gasteiger partial charge in [-0.1, -0.05) is 17.7 Å². The minimum Gasteiger partial charge on any atom is -0.322 e. The number of rotatable bonds is 3. The summed E-state index contributed by atoms with van der Waals surface area (Å²) in [7, 11) is 0. The summed E-state index contributed by atoms with van der Waals surface area (Å²) in [5.41, 5.74) is 6.45. The van der Waals surface area contributed by atoms with E-state index in [0.717, 1.165) is 33.6 Å². The molecule has 0 atom stereocenters. The maximum absolute atomic E-state index is 12.7. The molecule has 0 spiro atoms. The Morgan fingerprint density at radius 3 is 2.42 bits per heavy atom. The molecule has 1 aliphatic rings. The van der Waals surface area contributed by atoms with Crippen molar-refractivity contribution in [3.63, 3.8) is 0 Å².